The smallest absolute Gasteiger partial charge is 0.319 e. The molecule has 6 rings (SSSR count). The minimum Gasteiger partial charge on any atom is -0.392 e. The molecule has 4 aromatic carbocycles. The molecule has 2 amide bonds. The van der Waals surface area contributed by atoms with Crippen LogP contribution in [0.2, 0.25) is 0 Å². The van der Waals surface area contributed by atoms with Crippen LogP contribution in [0.15, 0.2) is 109 Å². The molecule has 8 heteroatoms. The van der Waals surface area contributed by atoms with Crippen LogP contribution in [-0.2, 0) is 27.3 Å². The van der Waals surface area contributed by atoms with E-state index in [9.17, 15) is 14.7 Å². The fraction of sp³-hybridized carbons (Fsp3) is 0.381. The molecule has 2 saturated heterocycles. The summed E-state index contributed by atoms with van der Waals surface area (Å²) in [6.07, 6.45) is 5.39. The van der Waals surface area contributed by atoms with Crippen LogP contribution >= 0.6 is 0 Å². The van der Waals surface area contributed by atoms with E-state index < -0.39 is 18.4 Å². The number of amides is 2. The second-order valence-electron chi connectivity index (χ2n) is 13.5. The number of nitrogens with one attached hydrogen (secondary N) is 2. The van der Waals surface area contributed by atoms with Crippen molar-refractivity contribution in [2.45, 2.75) is 82.5 Å². The SMILES string of the molecule is CC(=O)[C@@H](Cc1ccccc1)NC(=O)Nc1cccc(C2O[C@H](CN3CCCCCCC3)[C@@H](c3ccccc3)[C@H](c3ccc(CO)cc3)O2)c1. The molecule has 0 spiro atoms. The molecule has 0 bridgehead atoms. The quantitative estimate of drug-likeness (QED) is 0.151. The van der Waals surface area contributed by atoms with Gasteiger partial charge in [0.1, 0.15) is 0 Å². The van der Waals surface area contributed by atoms with Crippen molar-refractivity contribution < 1.29 is 24.2 Å². The minimum absolute atomic E-state index is 0.0238. The van der Waals surface area contributed by atoms with Crippen LogP contribution in [0.25, 0.3) is 0 Å². The summed E-state index contributed by atoms with van der Waals surface area (Å²) in [5, 5.41) is 15.5. The Morgan fingerprint density at radius 2 is 1.42 bits per heavy atom. The normalized spacial score (nSPS) is 22.1. The number of anilines is 1. The summed E-state index contributed by atoms with van der Waals surface area (Å²) in [6.45, 7) is 4.33. The third-order valence-electron chi connectivity index (χ3n) is 9.85. The number of ketones is 1. The van der Waals surface area contributed by atoms with E-state index in [1.165, 1.54) is 39.0 Å². The van der Waals surface area contributed by atoms with Crippen LogP contribution in [0, 0.1) is 0 Å². The summed E-state index contributed by atoms with van der Waals surface area (Å²) in [5.41, 5.74) is 5.35. The number of aliphatic hydroxyl groups is 1. The van der Waals surface area contributed by atoms with Crippen LogP contribution in [0.5, 0.6) is 0 Å². The Bertz CT molecular complexity index is 1660. The Kier molecular flexibility index (Phi) is 12.5. The largest absolute Gasteiger partial charge is 0.392 e. The molecule has 3 N–H and O–H groups in total. The summed E-state index contributed by atoms with van der Waals surface area (Å²) in [7, 11) is 0. The first-order valence-corrected chi connectivity index (χ1v) is 18.0. The molecule has 0 aliphatic carbocycles. The fourth-order valence-electron chi connectivity index (χ4n) is 7.15. The Hall–Kier alpha value is -4.34. The van der Waals surface area contributed by atoms with Gasteiger partial charge in [0.15, 0.2) is 12.1 Å². The number of nitrogens with zero attached hydrogens (tertiary/aromatic N) is 1. The van der Waals surface area contributed by atoms with Gasteiger partial charge in [-0.2, -0.15) is 0 Å². The number of urea groups is 1. The van der Waals surface area contributed by atoms with Crippen molar-refractivity contribution in [3.8, 4) is 0 Å². The Morgan fingerprint density at radius 1 is 0.760 bits per heavy atom. The van der Waals surface area contributed by atoms with E-state index in [4.69, 9.17) is 9.47 Å². The van der Waals surface area contributed by atoms with Crippen LogP contribution in [0.4, 0.5) is 10.5 Å². The highest BCUT2D eigenvalue weighted by atomic mass is 16.7. The first-order valence-electron chi connectivity index (χ1n) is 18.0. The molecule has 2 aliphatic heterocycles. The van der Waals surface area contributed by atoms with Crippen LogP contribution in [0.1, 0.15) is 85.2 Å². The number of carbonyl (C=O) groups excluding carboxylic acids is 2. The van der Waals surface area contributed by atoms with Crippen LogP contribution in [0.3, 0.4) is 0 Å². The molecule has 262 valence electrons. The van der Waals surface area contributed by atoms with E-state index in [-0.39, 0.29) is 30.5 Å². The van der Waals surface area contributed by atoms with Crippen molar-refractivity contribution in [2.24, 2.45) is 0 Å². The van der Waals surface area contributed by atoms with E-state index in [0.717, 1.165) is 47.5 Å². The molecule has 2 aliphatic rings. The summed E-state index contributed by atoms with van der Waals surface area (Å²) >= 11 is 0. The van der Waals surface area contributed by atoms with Gasteiger partial charge >= 0.3 is 6.03 Å². The zero-order valence-electron chi connectivity index (χ0n) is 28.9. The molecule has 0 radical (unpaired) electrons. The molecule has 2 heterocycles. The third-order valence-corrected chi connectivity index (χ3v) is 9.85. The van der Waals surface area contributed by atoms with Gasteiger partial charge in [-0.3, -0.25) is 4.79 Å². The molecule has 2 fully saturated rings. The zero-order valence-corrected chi connectivity index (χ0v) is 28.9. The Morgan fingerprint density at radius 3 is 2.10 bits per heavy atom. The lowest BCUT2D eigenvalue weighted by Gasteiger charge is -2.44. The van der Waals surface area contributed by atoms with Gasteiger partial charge in [-0.15, -0.1) is 0 Å². The lowest BCUT2D eigenvalue weighted by atomic mass is 9.83. The standard InChI is InChI=1S/C42H49N3O5/c1-30(47)37(26-31-14-7-5-8-15-31)44-42(48)43-36-19-13-18-35(27-36)41-49-38(28-45-24-11-3-2-4-12-25-45)39(33-16-9-6-10-17-33)40(50-41)34-22-20-32(29-46)21-23-34/h5-10,13-23,27,37-41,46H,2-4,11-12,24-26,28-29H2,1H3,(H2,43,44,48)/t37-,38-,39-,40+,41?/m1/s1. The molecule has 50 heavy (non-hydrogen) atoms. The first-order chi connectivity index (χ1) is 24.5. The Balaban J connectivity index is 1.26. The molecule has 4 aromatic rings. The second-order valence-corrected chi connectivity index (χ2v) is 13.5. The number of Topliss-reactive ketones (excluding diaryl/α,β-unsaturated/α-hetero) is 1. The maximum Gasteiger partial charge on any atom is 0.319 e. The van der Waals surface area contributed by atoms with Gasteiger partial charge in [0.25, 0.3) is 0 Å². The number of carbonyl (C=O) groups is 2. The first kappa shape index (κ1) is 35.5. The maximum absolute atomic E-state index is 13.2. The average molecular weight is 676 g/mol. The summed E-state index contributed by atoms with van der Waals surface area (Å²) in [5.74, 6) is -0.183. The maximum atomic E-state index is 13.2. The van der Waals surface area contributed by atoms with E-state index >= 15 is 0 Å². The predicted octanol–water partition coefficient (Wildman–Crippen LogP) is 7.71. The number of hydrogen-bond donors (Lipinski definition) is 3. The summed E-state index contributed by atoms with van der Waals surface area (Å²) in [6, 6.07) is 34.6. The topological polar surface area (TPSA) is 100 Å². The lowest BCUT2D eigenvalue weighted by Crippen LogP contribution is -2.45. The van der Waals surface area contributed by atoms with Crippen molar-refractivity contribution in [2.75, 3.05) is 25.0 Å². The van der Waals surface area contributed by atoms with Gasteiger partial charge in [-0.25, -0.2) is 4.79 Å². The number of likely N-dealkylation sites (tertiary alicyclic amines) is 1. The van der Waals surface area contributed by atoms with Crippen molar-refractivity contribution in [3.05, 3.63) is 137 Å². The van der Waals surface area contributed by atoms with Gasteiger partial charge in [-0.1, -0.05) is 116 Å². The van der Waals surface area contributed by atoms with Crippen LogP contribution < -0.4 is 10.6 Å². The highest BCUT2D eigenvalue weighted by Crippen LogP contribution is 2.47. The van der Waals surface area contributed by atoms with E-state index in [2.05, 4.69) is 39.8 Å². The van der Waals surface area contributed by atoms with Crippen LogP contribution in [-0.4, -0.2) is 53.6 Å². The van der Waals surface area contributed by atoms with E-state index in [0.29, 0.717) is 12.1 Å². The van der Waals surface area contributed by atoms with Crippen molar-refractivity contribution in [1.82, 2.24) is 10.2 Å². The van der Waals surface area contributed by atoms with E-state index in [1.807, 2.05) is 84.9 Å². The third kappa shape index (κ3) is 9.46. The number of rotatable bonds is 11. The Labute approximate surface area is 295 Å². The highest BCUT2D eigenvalue weighted by molar-refractivity contribution is 5.93. The average Bonchev–Trinajstić information content (AvgIpc) is 3.13. The van der Waals surface area contributed by atoms with Gasteiger partial charge < -0.3 is 30.1 Å². The van der Waals surface area contributed by atoms with E-state index in [1.54, 1.807) is 0 Å². The number of hydrogen-bond acceptors (Lipinski definition) is 6. The minimum atomic E-state index is -0.690. The molecule has 0 saturated carbocycles. The van der Waals surface area contributed by atoms with Crippen molar-refractivity contribution in [1.29, 1.82) is 0 Å². The number of benzene rings is 4. The molecular formula is C42H49N3O5. The lowest BCUT2D eigenvalue weighted by molar-refractivity contribution is -0.263. The highest BCUT2D eigenvalue weighted by Gasteiger charge is 2.42. The number of ether oxygens (including phenoxy) is 2. The van der Waals surface area contributed by atoms with Gasteiger partial charge in [0.05, 0.1) is 24.9 Å². The molecular weight excluding hydrogens is 626 g/mol. The molecule has 8 nitrogen and oxygen atoms in total. The monoisotopic (exact) mass is 675 g/mol. The van der Waals surface area contributed by atoms with Gasteiger partial charge in [0, 0.05) is 23.7 Å². The molecule has 1 unspecified atom stereocenters. The van der Waals surface area contributed by atoms with Crippen molar-refractivity contribution in [3.63, 3.8) is 0 Å². The molecule has 0 aromatic heterocycles. The summed E-state index contributed by atoms with van der Waals surface area (Å²) < 4.78 is 13.9. The fourth-order valence-corrected chi connectivity index (χ4v) is 7.15. The van der Waals surface area contributed by atoms with Gasteiger partial charge in [0.2, 0.25) is 0 Å². The van der Waals surface area contributed by atoms with Gasteiger partial charge in [-0.05, 0) is 73.7 Å². The summed E-state index contributed by atoms with van der Waals surface area (Å²) in [4.78, 5) is 28.1. The zero-order chi connectivity index (χ0) is 34.7. The van der Waals surface area contributed by atoms with Crippen molar-refractivity contribution >= 4 is 17.5 Å². The second kappa shape index (κ2) is 17.5. The number of aliphatic hydroxyl groups excluding tert-OH is 1. The predicted molar refractivity (Wildman–Crippen MR) is 196 cm³/mol. The molecule has 5 atom stereocenters.